The Morgan fingerprint density at radius 1 is 1.12 bits per heavy atom. The second kappa shape index (κ2) is 6.75. The van der Waals surface area contributed by atoms with E-state index in [1.165, 1.54) is 11.1 Å². The molecule has 1 aliphatic heterocycles. The highest BCUT2D eigenvalue weighted by Crippen LogP contribution is 2.29. The minimum absolute atomic E-state index is 0.0426. The van der Waals surface area contributed by atoms with Crippen molar-refractivity contribution >= 4 is 5.91 Å². The van der Waals surface area contributed by atoms with Gasteiger partial charge in [0, 0.05) is 25.1 Å². The van der Waals surface area contributed by atoms with E-state index in [4.69, 9.17) is 4.52 Å². The zero-order valence-corrected chi connectivity index (χ0v) is 15.0. The van der Waals surface area contributed by atoms with E-state index in [-0.39, 0.29) is 11.8 Å². The second-order valence-electron chi connectivity index (χ2n) is 6.99. The molecule has 0 aliphatic carbocycles. The van der Waals surface area contributed by atoms with Crippen LogP contribution in [-0.2, 0) is 11.3 Å². The number of carbonyl (C=O) groups excluding carboxylic acids is 1. The van der Waals surface area contributed by atoms with Gasteiger partial charge in [-0.15, -0.1) is 0 Å². The highest BCUT2D eigenvalue weighted by molar-refractivity contribution is 5.79. The van der Waals surface area contributed by atoms with Crippen LogP contribution in [0.1, 0.15) is 34.9 Å². The fourth-order valence-corrected chi connectivity index (χ4v) is 3.34. The Hall–Kier alpha value is -2.95. The van der Waals surface area contributed by atoms with E-state index in [0.717, 1.165) is 11.1 Å². The monoisotopic (exact) mass is 347 g/mol. The van der Waals surface area contributed by atoms with E-state index in [0.29, 0.717) is 31.2 Å². The lowest BCUT2D eigenvalue weighted by molar-refractivity contribution is -0.128. The Labute approximate surface area is 152 Å². The first kappa shape index (κ1) is 16.5. The lowest BCUT2D eigenvalue weighted by atomic mass is 10.1. The van der Waals surface area contributed by atoms with Crippen LogP contribution in [0.15, 0.2) is 53.1 Å². The minimum atomic E-state index is -0.0426. The largest absolute Gasteiger partial charge is 0.339 e. The molecule has 4 rings (SSSR count). The third kappa shape index (κ3) is 3.38. The van der Waals surface area contributed by atoms with Crippen molar-refractivity contribution < 1.29 is 9.32 Å². The lowest BCUT2D eigenvalue weighted by Crippen LogP contribution is -2.24. The van der Waals surface area contributed by atoms with Crippen LogP contribution in [-0.4, -0.2) is 27.5 Å². The van der Waals surface area contributed by atoms with Crippen LogP contribution in [0.2, 0.25) is 0 Å². The molecule has 0 spiro atoms. The summed E-state index contributed by atoms with van der Waals surface area (Å²) in [6, 6.07) is 16.3. The maximum absolute atomic E-state index is 12.4. The van der Waals surface area contributed by atoms with Crippen LogP contribution in [0.3, 0.4) is 0 Å². The number of aryl methyl sites for hydroxylation is 2. The Morgan fingerprint density at radius 2 is 1.92 bits per heavy atom. The quantitative estimate of drug-likeness (QED) is 0.719. The summed E-state index contributed by atoms with van der Waals surface area (Å²) in [5.41, 5.74) is 4.45. The fourth-order valence-electron chi connectivity index (χ4n) is 3.34. The average Bonchev–Trinajstić information content (AvgIpc) is 3.23. The molecule has 1 fully saturated rings. The van der Waals surface area contributed by atoms with Crippen molar-refractivity contribution in [3.8, 4) is 11.4 Å². The van der Waals surface area contributed by atoms with Crippen molar-refractivity contribution in [3.63, 3.8) is 0 Å². The van der Waals surface area contributed by atoms with Crippen LogP contribution >= 0.6 is 0 Å². The number of nitrogens with zero attached hydrogens (tertiary/aromatic N) is 3. The number of benzene rings is 2. The number of hydrogen-bond donors (Lipinski definition) is 0. The van der Waals surface area contributed by atoms with Gasteiger partial charge < -0.3 is 9.42 Å². The number of rotatable bonds is 4. The lowest BCUT2D eigenvalue weighted by Gasteiger charge is -2.16. The van der Waals surface area contributed by atoms with Crippen molar-refractivity contribution in [3.05, 3.63) is 71.1 Å². The van der Waals surface area contributed by atoms with Gasteiger partial charge in [0.2, 0.25) is 17.6 Å². The first-order valence-corrected chi connectivity index (χ1v) is 8.82. The van der Waals surface area contributed by atoms with Gasteiger partial charge in [-0.25, -0.2) is 0 Å². The second-order valence-corrected chi connectivity index (χ2v) is 6.99. The molecule has 0 bridgehead atoms. The maximum Gasteiger partial charge on any atom is 0.232 e. The number of aromatic nitrogens is 2. The Morgan fingerprint density at radius 3 is 2.69 bits per heavy atom. The third-order valence-electron chi connectivity index (χ3n) is 4.77. The number of amides is 1. The molecule has 2 heterocycles. The Balaban J connectivity index is 1.48. The van der Waals surface area contributed by atoms with E-state index in [9.17, 15) is 4.79 Å². The molecule has 0 saturated carbocycles. The predicted molar refractivity (Wildman–Crippen MR) is 98.4 cm³/mol. The maximum atomic E-state index is 12.4. The van der Waals surface area contributed by atoms with Gasteiger partial charge in [0.15, 0.2) is 0 Å². The predicted octanol–water partition coefficient (Wildman–Crippen LogP) is 3.87. The van der Waals surface area contributed by atoms with Crippen molar-refractivity contribution in [2.75, 3.05) is 6.54 Å². The highest BCUT2D eigenvalue weighted by Gasteiger charge is 2.34. The molecule has 3 aromatic rings. The molecule has 1 amide bonds. The summed E-state index contributed by atoms with van der Waals surface area (Å²) >= 11 is 0. The molecule has 132 valence electrons. The molecule has 2 aromatic carbocycles. The summed E-state index contributed by atoms with van der Waals surface area (Å²) in [7, 11) is 0. The highest BCUT2D eigenvalue weighted by atomic mass is 16.5. The summed E-state index contributed by atoms with van der Waals surface area (Å²) in [5, 5.41) is 4.09. The van der Waals surface area contributed by atoms with Gasteiger partial charge in [0.25, 0.3) is 0 Å². The van der Waals surface area contributed by atoms with Crippen LogP contribution in [0, 0.1) is 13.8 Å². The van der Waals surface area contributed by atoms with E-state index in [1.54, 1.807) is 0 Å². The van der Waals surface area contributed by atoms with Crippen molar-refractivity contribution in [2.24, 2.45) is 0 Å². The first-order chi connectivity index (χ1) is 12.6. The summed E-state index contributed by atoms with van der Waals surface area (Å²) in [6.07, 6.45) is 0.418. The minimum Gasteiger partial charge on any atom is -0.339 e. The molecule has 1 aromatic heterocycles. The molecule has 0 radical (unpaired) electrons. The molecule has 1 saturated heterocycles. The summed E-state index contributed by atoms with van der Waals surface area (Å²) < 4.78 is 5.46. The Kier molecular flexibility index (Phi) is 4.29. The van der Waals surface area contributed by atoms with Gasteiger partial charge in [0.1, 0.15) is 0 Å². The van der Waals surface area contributed by atoms with E-state index in [1.807, 2.05) is 42.2 Å². The first-order valence-electron chi connectivity index (χ1n) is 8.82. The SMILES string of the molecule is Cc1ccc(-c2noc(C3CC(=O)N(Cc4cccc(C)c4)C3)n2)cc1. The fraction of sp³-hybridized carbons (Fsp3) is 0.286. The molecule has 1 unspecified atom stereocenters. The van der Waals surface area contributed by atoms with E-state index >= 15 is 0 Å². The van der Waals surface area contributed by atoms with E-state index in [2.05, 4.69) is 35.3 Å². The molecule has 5 nitrogen and oxygen atoms in total. The average molecular weight is 347 g/mol. The number of likely N-dealkylation sites (tertiary alicyclic amines) is 1. The Bertz CT molecular complexity index is 930. The van der Waals surface area contributed by atoms with Crippen molar-refractivity contribution in [1.82, 2.24) is 15.0 Å². The van der Waals surface area contributed by atoms with Crippen LogP contribution in [0.5, 0.6) is 0 Å². The third-order valence-corrected chi connectivity index (χ3v) is 4.77. The van der Waals surface area contributed by atoms with Gasteiger partial charge >= 0.3 is 0 Å². The topological polar surface area (TPSA) is 59.2 Å². The summed E-state index contributed by atoms with van der Waals surface area (Å²) in [5.74, 6) is 1.20. The summed E-state index contributed by atoms with van der Waals surface area (Å²) in [4.78, 5) is 18.8. The van der Waals surface area contributed by atoms with Gasteiger partial charge in [0.05, 0.1) is 5.92 Å². The van der Waals surface area contributed by atoms with Gasteiger partial charge in [-0.2, -0.15) is 4.98 Å². The van der Waals surface area contributed by atoms with Crippen LogP contribution in [0.4, 0.5) is 0 Å². The summed E-state index contributed by atoms with van der Waals surface area (Å²) in [6.45, 7) is 5.33. The molecule has 26 heavy (non-hydrogen) atoms. The molecule has 1 atom stereocenters. The van der Waals surface area contributed by atoms with Crippen LogP contribution < -0.4 is 0 Å². The normalized spacial score (nSPS) is 17.1. The van der Waals surface area contributed by atoms with Crippen molar-refractivity contribution in [1.29, 1.82) is 0 Å². The zero-order valence-electron chi connectivity index (χ0n) is 15.0. The molecular formula is C21H21N3O2. The standard InChI is InChI=1S/C21H21N3O2/c1-14-6-8-17(9-7-14)20-22-21(26-23-20)18-11-19(25)24(13-18)12-16-5-3-4-15(2)10-16/h3-10,18H,11-13H2,1-2H3. The molecule has 0 N–H and O–H groups in total. The molecular weight excluding hydrogens is 326 g/mol. The van der Waals surface area contributed by atoms with Gasteiger partial charge in [-0.1, -0.05) is 64.8 Å². The van der Waals surface area contributed by atoms with Gasteiger partial charge in [-0.3, -0.25) is 4.79 Å². The molecule has 1 aliphatic rings. The van der Waals surface area contributed by atoms with E-state index < -0.39 is 0 Å². The van der Waals surface area contributed by atoms with Gasteiger partial charge in [-0.05, 0) is 19.4 Å². The van der Waals surface area contributed by atoms with Crippen LogP contribution in [0.25, 0.3) is 11.4 Å². The van der Waals surface area contributed by atoms with Crippen molar-refractivity contribution in [2.45, 2.75) is 32.7 Å². The molecule has 5 heteroatoms. The smallest absolute Gasteiger partial charge is 0.232 e. The number of hydrogen-bond acceptors (Lipinski definition) is 4. The number of carbonyl (C=O) groups is 1. The zero-order chi connectivity index (χ0) is 18.1.